The summed E-state index contributed by atoms with van der Waals surface area (Å²) in [7, 11) is 1.77. The molecule has 24 heavy (non-hydrogen) atoms. The second kappa shape index (κ2) is 6.35. The van der Waals surface area contributed by atoms with Crippen molar-refractivity contribution in [3.8, 4) is 0 Å². The van der Waals surface area contributed by atoms with E-state index in [0.717, 1.165) is 5.69 Å². The lowest BCUT2D eigenvalue weighted by atomic mass is 10.1. The highest BCUT2D eigenvalue weighted by atomic mass is 16.5. The molecule has 130 valence electrons. The zero-order valence-corrected chi connectivity index (χ0v) is 14.2. The Bertz CT molecular complexity index is 663. The first-order chi connectivity index (χ1) is 11.4. The first-order valence-corrected chi connectivity index (χ1v) is 8.17. The van der Waals surface area contributed by atoms with E-state index in [0.29, 0.717) is 26.1 Å². The van der Waals surface area contributed by atoms with Crippen LogP contribution in [0.5, 0.6) is 0 Å². The predicted molar refractivity (Wildman–Crippen MR) is 87.4 cm³/mol. The molecule has 3 rings (SSSR count). The van der Waals surface area contributed by atoms with Crippen molar-refractivity contribution in [2.75, 3.05) is 32.5 Å². The lowest BCUT2D eigenvalue weighted by Crippen LogP contribution is -2.43. The smallest absolute Gasteiger partial charge is 0.272 e. The molecule has 2 aliphatic heterocycles. The van der Waals surface area contributed by atoms with Crippen molar-refractivity contribution in [3.63, 3.8) is 0 Å². The van der Waals surface area contributed by atoms with E-state index in [1.54, 1.807) is 22.9 Å². The van der Waals surface area contributed by atoms with Crippen LogP contribution in [-0.2, 0) is 9.53 Å². The molecular formula is C16H23N5O3. The van der Waals surface area contributed by atoms with E-state index in [-0.39, 0.29) is 41.5 Å². The molecule has 0 aliphatic carbocycles. The molecule has 2 saturated heterocycles. The first kappa shape index (κ1) is 16.6. The predicted octanol–water partition coefficient (Wildman–Crippen LogP) is 0.254. The number of nitrogen functional groups attached to an aromatic ring is 1. The quantitative estimate of drug-likeness (QED) is 0.833. The van der Waals surface area contributed by atoms with Crippen LogP contribution in [-0.4, -0.2) is 70.5 Å². The summed E-state index contributed by atoms with van der Waals surface area (Å²) in [6, 6.07) is 1.57. The Morgan fingerprint density at radius 3 is 2.83 bits per heavy atom. The van der Waals surface area contributed by atoms with E-state index in [2.05, 4.69) is 9.97 Å². The molecular weight excluding hydrogens is 310 g/mol. The monoisotopic (exact) mass is 333 g/mol. The third kappa shape index (κ3) is 3.06. The van der Waals surface area contributed by atoms with Crippen molar-refractivity contribution in [3.05, 3.63) is 17.5 Å². The summed E-state index contributed by atoms with van der Waals surface area (Å²) in [5.74, 6) is 0.0915. The number of carbonyl (C=O) groups is 2. The average Bonchev–Trinajstić information content (AvgIpc) is 2.91. The highest BCUT2D eigenvalue weighted by Gasteiger charge is 2.42. The molecule has 0 aromatic carbocycles. The molecule has 2 amide bonds. The van der Waals surface area contributed by atoms with Crippen molar-refractivity contribution in [2.45, 2.75) is 38.3 Å². The van der Waals surface area contributed by atoms with Gasteiger partial charge in [0, 0.05) is 25.8 Å². The molecule has 0 radical (unpaired) electrons. The molecule has 1 aromatic heterocycles. The Hall–Kier alpha value is -2.22. The normalized spacial score (nSPS) is 24.2. The minimum Gasteiger partial charge on any atom is -0.374 e. The third-order valence-corrected chi connectivity index (χ3v) is 4.64. The molecule has 0 saturated carbocycles. The van der Waals surface area contributed by atoms with Crippen LogP contribution in [0, 0.1) is 0 Å². The Morgan fingerprint density at radius 2 is 2.12 bits per heavy atom. The topological polar surface area (TPSA) is 102 Å². The van der Waals surface area contributed by atoms with Crippen molar-refractivity contribution in [1.82, 2.24) is 19.8 Å². The number of ether oxygens (including phenoxy) is 1. The van der Waals surface area contributed by atoms with Crippen LogP contribution in [0.4, 0.5) is 5.95 Å². The number of rotatable bonds is 2. The van der Waals surface area contributed by atoms with Gasteiger partial charge >= 0.3 is 0 Å². The molecule has 0 unspecified atom stereocenters. The van der Waals surface area contributed by atoms with E-state index in [9.17, 15) is 9.59 Å². The van der Waals surface area contributed by atoms with Crippen LogP contribution >= 0.6 is 0 Å². The minimum absolute atomic E-state index is 0.0465. The van der Waals surface area contributed by atoms with Gasteiger partial charge in [0.25, 0.3) is 5.91 Å². The van der Waals surface area contributed by atoms with Crippen LogP contribution in [0.2, 0.25) is 0 Å². The van der Waals surface area contributed by atoms with Gasteiger partial charge in [-0.2, -0.15) is 0 Å². The van der Waals surface area contributed by atoms with Crippen LogP contribution in [0.15, 0.2) is 6.07 Å². The summed E-state index contributed by atoms with van der Waals surface area (Å²) in [5.41, 5.74) is 6.77. The highest BCUT2D eigenvalue weighted by molar-refractivity contribution is 5.93. The molecule has 8 nitrogen and oxygen atoms in total. The number of nitrogens with zero attached hydrogens (tertiary/aromatic N) is 4. The van der Waals surface area contributed by atoms with Crippen molar-refractivity contribution < 1.29 is 14.3 Å². The molecule has 0 spiro atoms. The fourth-order valence-electron chi connectivity index (χ4n) is 3.17. The Morgan fingerprint density at radius 1 is 1.38 bits per heavy atom. The van der Waals surface area contributed by atoms with Crippen molar-refractivity contribution in [1.29, 1.82) is 0 Å². The standard InChI is InChI=1S/C16H23N5O3/c1-9(2)10-6-11(19-16(17)18-10)15(23)21-7-12-13(8-21)24-5-4-14(22)20(12)3/h6,9,12-13H,4-5,7-8H2,1-3H3,(H2,17,18,19)/t12-,13-/m0/s1. The minimum atomic E-state index is -0.205. The van der Waals surface area contributed by atoms with Gasteiger partial charge in [-0.05, 0) is 12.0 Å². The number of nitrogens with two attached hydrogens (primary N) is 1. The molecule has 3 heterocycles. The zero-order chi connectivity index (χ0) is 17.4. The first-order valence-electron chi connectivity index (χ1n) is 8.17. The summed E-state index contributed by atoms with van der Waals surface area (Å²) in [6.07, 6.45) is 0.228. The highest BCUT2D eigenvalue weighted by Crippen LogP contribution is 2.24. The largest absolute Gasteiger partial charge is 0.374 e. The summed E-state index contributed by atoms with van der Waals surface area (Å²) in [5, 5.41) is 0. The maximum atomic E-state index is 12.8. The van der Waals surface area contributed by atoms with E-state index in [1.807, 2.05) is 13.8 Å². The molecule has 2 atom stereocenters. The second-order valence-corrected chi connectivity index (χ2v) is 6.63. The van der Waals surface area contributed by atoms with Gasteiger partial charge in [0.05, 0.1) is 25.2 Å². The van der Waals surface area contributed by atoms with Gasteiger partial charge in [0.15, 0.2) is 0 Å². The number of fused-ring (bicyclic) bond motifs is 1. The number of likely N-dealkylation sites (N-methyl/N-ethyl adjacent to an activating group) is 1. The Labute approximate surface area is 141 Å². The Kier molecular flexibility index (Phi) is 4.40. The number of likely N-dealkylation sites (tertiary alicyclic amines) is 1. The summed E-state index contributed by atoms with van der Waals surface area (Å²) in [4.78, 5) is 36.4. The number of hydrogen-bond donors (Lipinski definition) is 1. The fraction of sp³-hybridized carbons (Fsp3) is 0.625. The zero-order valence-electron chi connectivity index (χ0n) is 14.2. The third-order valence-electron chi connectivity index (χ3n) is 4.64. The summed E-state index contributed by atoms with van der Waals surface area (Å²) < 4.78 is 5.76. The van der Waals surface area contributed by atoms with E-state index in [1.165, 1.54) is 0 Å². The van der Waals surface area contributed by atoms with Crippen LogP contribution in [0.25, 0.3) is 0 Å². The lowest BCUT2D eigenvalue weighted by Gasteiger charge is -2.25. The number of hydrogen-bond acceptors (Lipinski definition) is 6. The number of anilines is 1. The van der Waals surface area contributed by atoms with E-state index < -0.39 is 0 Å². The van der Waals surface area contributed by atoms with Gasteiger partial charge < -0.3 is 20.3 Å². The molecule has 0 bridgehead atoms. The van der Waals surface area contributed by atoms with Gasteiger partial charge in [-0.25, -0.2) is 9.97 Å². The average molecular weight is 333 g/mol. The number of carbonyl (C=O) groups excluding carboxylic acids is 2. The van der Waals surface area contributed by atoms with Crippen molar-refractivity contribution in [2.24, 2.45) is 0 Å². The van der Waals surface area contributed by atoms with Crippen LogP contribution < -0.4 is 5.73 Å². The Balaban J connectivity index is 1.81. The van der Waals surface area contributed by atoms with Gasteiger partial charge in [0.1, 0.15) is 5.69 Å². The van der Waals surface area contributed by atoms with Crippen LogP contribution in [0.1, 0.15) is 42.4 Å². The number of amides is 2. The van der Waals surface area contributed by atoms with Gasteiger partial charge in [0.2, 0.25) is 11.9 Å². The fourth-order valence-corrected chi connectivity index (χ4v) is 3.17. The molecule has 2 fully saturated rings. The molecule has 2 aliphatic rings. The summed E-state index contributed by atoms with van der Waals surface area (Å²) in [6.45, 7) is 5.25. The lowest BCUT2D eigenvalue weighted by molar-refractivity contribution is -0.131. The molecule has 8 heteroatoms. The maximum Gasteiger partial charge on any atom is 0.272 e. The summed E-state index contributed by atoms with van der Waals surface area (Å²) >= 11 is 0. The van der Waals surface area contributed by atoms with Gasteiger partial charge in [-0.15, -0.1) is 0 Å². The maximum absolute atomic E-state index is 12.8. The SMILES string of the molecule is CC(C)c1cc(C(=O)N2C[C@@H]3OCCC(=O)N(C)[C@H]3C2)nc(N)n1. The molecule has 1 aromatic rings. The molecule has 2 N–H and O–H groups in total. The van der Waals surface area contributed by atoms with Gasteiger partial charge in [-0.3, -0.25) is 9.59 Å². The van der Waals surface area contributed by atoms with Crippen molar-refractivity contribution >= 4 is 17.8 Å². The van der Waals surface area contributed by atoms with E-state index in [4.69, 9.17) is 10.5 Å². The second-order valence-electron chi connectivity index (χ2n) is 6.63. The van der Waals surface area contributed by atoms with Crippen LogP contribution in [0.3, 0.4) is 0 Å². The number of aromatic nitrogens is 2. The van der Waals surface area contributed by atoms with Gasteiger partial charge in [-0.1, -0.05) is 13.8 Å². The van der Waals surface area contributed by atoms with E-state index >= 15 is 0 Å².